The number of nitrogens with one attached hydrogen (secondary N) is 1. The average molecular weight is 1000 g/mol. The predicted octanol–water partition coefficient (Wildman–Crippen LogP) is 15.1. The molecule has 0 aromatic heterocycles. The summed E-state index contributed by atoms with van der Waals surface area (Å²) in [5.41, 5.74) is 0. The fourth-order valence-corrected chi connectivity index (χ4v) is 9.40. The topological polar surface area (TPSA) is 149 Å². The Labute approximate surface area is 436 Å². The van der Waals surface area contributed by atoms with Crippen LogP contribution in [-0.4, -0.2) is 87.5 Å². The second-order valence-electron chi connectivity index (χ2n) is 20.8. The van der Waals surface area contributed by atoms with Gasteiger partial charge >= 0.3 is 0 Å². The van der Waals surface area contributed by atoms with Crippen LogP contribution in [0.2, 0.25) is 0 Å². The Morgan fingerprint density at radius 3 is 1.34 bits per heavy atom. The number of carbonyl (C=O) groups is 1. The summed E-state index contributed by atoms with van der Waals surface area (Å²) in [7, 11) is 0. The average Bonchev–Trinajstić information content (AvgIpc) is 3.37. The van der Waals surface area contributed by atoms with Crippen LogP contribution in [0.5, 0.6) is 0 Å². The van der Waals surface area contributed by atoms with E-state index >= 15 is 0 Å². The molecule has 1 heterocycles. The van der Waals surface area contributed by atoms with Gasteiger partial charge in [-0.3, -0.25) is 4.79 Å². The van der Waals surface area contributed by atoms with Crippen molar-refractivity contribution in [1.82, 2.24) is 5.32 Å². The molecule has 0 saturated carbocycles. The van der Waals surface area contributed by atoms with Crippen molar-refractivity contribution in [2.45, 2.75) is 314 Å². The Hall–Kier alpha value is -2.11. The molecule has 1 fully saturated rings. The van der Waals surface area contributed by atoms with Crippen molar-refractivity contribution < 1.29 is 39.8 Å². The number of carbonyl (C=O) groups excluding carboxylic acids is 1. The molecule has 9 heteroatoms. The Bertz CT molecular complexity index is 1300. The van der Waals surface area contributed by atoms with Crippen LogP contribution in [-0.2, 0) is 14.3 Å². The third-order valence-electron chi connectivity index (χ3n) is 14.1. The molecule has 0 aromatic rings. The fraction of sp³-hybridized carbons (Fsp3) is 0.823. The van der Waals surface area contributed by atoms with Gasteiger partial charge in [0.2, 0.25) is 5.91 Å². The molecule has 414 valence electrons. The molecule has 0 bridgehead atoms. The maximum absolute atomic E-state index is 13.0. The highest BCUT2D eigenvalue weighted by atomic mass is 16.7. The summed E-state index contributed by atoms with van der Waals surface area (Å²) in [4.78, 5) is 13.0. The van der Waals surface area contributed by atoms with E-state index in [-0.39, 0.29) is 12.5 Å². The van der Waals surface area contributed by atoms with Crippen molar-refractivity contribution in [3.63, 3.8) is 0 Å². The lowest BCUT2D eigenvalue weighted by atomic mass is 9.99. The monoisotopic (exact) mass is 1000 g/mol. The third-order valence-corrected chi connectivity index (χ3v) is 14.1. The highest BCUT2D eigenvalue weighted by molar-refractivity contribution is 5.76. The molecule has 7 unspecified atom stereocenters. The zero-order valence-electron chi connectivity index (χ0n) is 46.0. The number of hydrogen-bond donors (Lipinski definition) is 6. The first kappa shape index (κ1) is 66.9. The number of aliphatic hydroxyl groups is 5. The lowest BCUT2D eigenvalue weighted by Crippen LogP contribution is -2.60. The first-order chi connectivity index (χ1) is 34.8. The summed E-state index contributed by atoms with van der Waals surface area (Å²) >= 11 is 0. The van der Waals surface area contributed by atoms with Gasteiger partial charge in [0, 0.05) is 6.42 Å². The van der Waals surface area contributed by atoms with E-state index in [0.29, 0.717) is 6.42 Å². The largest absolute Gasteiger partial charge is 0.394 e. The number of aliphatic hydroxyl groups excluding tert-OH is 5. The van der Waals surface area contributed by atoms with E-state index in [0.717, 1.165) is 51.4 Å². The van der Waals surface area contributed by atoms with E-state index in [4.69, 9.17) is 9.47 Å². The predicted molar refractivity (Wildman–Crippen MR) is 299 cm³/mol. The van der Waals surface area contributed by atoms with Gasteiger partial charge in [-0.05, 0) is 71.1 Å². The molecule has 71 heavy (non-hydrogen) atoms. The van der Waals surface area contributed by atoms with Crippen molar-refractivity contribution in [2.24, 2.45) is 0 Å². The standard InChI is InChI=1S/C62H113NO8/c1-3-5-7-9-11-13-14-15-16-17-18-19-20-21-22-23-24-25-26-27-28-29-30-31-32-33-34-35-36-37-38-39-40-41-42-44-46-48-50-52-58(66)63-55(56(65)51-49-47-45-43-12-10-8-6-4-2)54-70-62-61(69)60(68)59(67)57(53-64)71-62/h4,6,12,24-25,27-28,43,49,51,55-57,59-62,64-65,67-69H,3,5,7-11,13-23,26,29-42,44-48,50,52-54H2,1-2H3,(H,63,66)/b6-4+,25-24-,28-27-,43-12+,51-49+. The van der Waals surface area contributed by atoms with Gasteiger partial charge in [-0.25, -0.2) is 0 Å². The van der Waals surface area contributed by atoms with Crippen LogP contribution in [0.4, 0.5) is 0 Å². The first-order valence-electron chi connectivity index (χ1n) is 30.0. The summed E-state index contributed by atoms with van der Waals surface area (Å²) in [5, 5.41) is 54.1. The minimum absolute atomic E-state index is 0.193. The SMILES string of the molecule is C/C=C/CC/C=C/CC/C=C/C(O)C(COC1OC(CO)C(O)C(O)C1O)NC(=O)CCCCCCCCCCCCCCCCCCC/C=C\C/C=C\CCCCCCCCCCCCCCCCC. The van der Waals surface area contributed by atoms with E-state index in [1.165, 1.54) is 199 Å². The van der Waals surface area contributed by atoms with Crippen LogP contribution in [0.15, 0.2) is 60.8 Å². The van der Waals surface area contributed by atoms with Crippen LogP contribution >= 0.6 is 0 Å². The smallest absolute Gasteiger partial charge is 0.220 e. The molecule has 6 N–H and O–H groups in total. The Morgan fingerprint density at radius 1 is 0.507 bits per heavy atom. The number of hydrogen-bond acceptors (Lipinski definition) is 8. The lowest BCUT2D eigenvalue weighted by Gasteiger charge is -2.40. The van der Waals surface area contributed by atoms with Gasteiger partial charge in [0.15, 0.2) is 6.29 Å². The van der Waals surface area contributed by atoms with Crippen LogP contribution in [0, 0.1) is 0 Å². The maximum Gasteiger partial charge on any atom is 0.220 e. The molecule has 1 aliphatic heterocycles. The Kier molecular flexibility index (Phi) is 48.4. The number of rotatable bonds is 51. The van der Waals surface area contributed by atoms with Crippen molar-refractivity contribution in [1.29, 1.82) is 0 Å². The van der Waals surface area contributed by atoms with Crippen LogP contribution in [0.1, 0.15) is 271 Å². The van der Waals surface area contributed by atoms with E-state index in [9.17, 15) is 30.3 Å². The summed E-state index contributed by atoms with van der Waals surface area (Å²) in [6.07, 6.45) is 63.7. The molecule has 1 aliphatic rings. The molecule has 0 spiro atoms. The summed E-state index contributed by atoms with van der Waals surface area (Å²) in [5.74, 6) is -0.193. The molecule has 0 aromatic carbocycles. The van der Waals surface area contributed by atoms with Gasteiger partial charge in [0.1, 0.15) is 24.4 Å². The summed E-state index contributed by atoms with van der Waals surface area (Å²) in [6, 6.07) is -0.827. The second-order valence-corrected chi connectivity index (χ2v) is 20.8. The molecule has 1 amide bonds. The molecule has 9 nitrogen and oxygen atoms in total. The first-order valence-corrected chi connectivity index (χ1v) is 30.0. The van der Waals surface area contributed by atoms with Crippen molar-refractivity contribution in [3.8, 4) is 0 Å². The van der Waals surface area contributed by atoms with Gasteiger partial charge in [0.05, 0.1) is 25.4 Å². The van der Waals surface area contributed by atoms with Crippen molar-refractivity contribution in [3.05, 3.63) is 60.8 Å². The van der Waals surface area contributed by atoms with Gasteiger partial charge in [-0.1, -0.05) is 254 Å². The van der Waals surface area contributed by atoms with Crippen molar-refractivity contribution >= 4 is 5.91 Å². The van der Waals surface area contributed by atoms with Crippen LogP contribution in [0.3, 0.4) is 0 Å². The minimum Gasteiger partial charge on any atom is -0.394 e. The van der Waals surface area contributed by atoms with E-state index in [1.54, 1.807) is 6.08 Å². The van der Waals surface area contributed by atoms with Crippen molar-refractivity contribution in [2.75, 3.05) is 13.2 Å². The molecular formula is C62H113NO8. The second kappa shape index (κ2) is 51.4. The minimum atomic E-state index is -1.57. The molecule has 7 atom stereocenters. The van der Waals surface area contributed by atoms with Crippen LogP contribution < -0.4 is 5.32 Å². The highest BCUT2D eigenvalue weighted by Crippen LogP contribution is 2.23. The molecule has 0 radical (unpaired) electrons. The number of unbranched alkanes of at least 4 members (excludes halogenated alkanes) is 34. The zero-order chi connectivity index (χ0) is 51.5. The van der Waals surface area contributed by atoms with E-state index < -0.39 is 49.5 Å². The highest BCUT2D eigenvalue weighted by Gasteiger charge is 2.44. The van der Waals surface area contributed by atoms with Gasteiger partial charge in [0.25, 0.3) is 0 Å². The molecule has 1 rings (SSSR count). The molecule has 1 saturated heterocycles. The van der Waals surface area contributed by atoms with Gasteiger partial charge in [-0.2, -0.15) is 0 Å². The maximum atomic E-state index is 13.0. The van der Waals surface area contributed by atoms with Crippen LogP contribution in [0.25, 0.3) is 0 Å². The number of allylic oxidation sites excluding steroid dienone is 9. The third kappa shape index (κ3) is 40.9. The number of ether oxygens (including phenoxy) is 2. The number of amides is 1. The fourth-order valence-electron chi connectivity index (χ4n) is 9.40. The Morgan fingerprint density at radius 2 is 0.901 bits per heavy atom. The molecular weight excluding hydrogens is 887 g/mol. The Balaban J connectivity index is 2.01. The molecule has 0 aliphatic carbocycles. The summed E-state index contributed by atoms with van der Waals surface area (Å²) < 4.78 is 11.2. The quantitative estimate of drug-likeness (QED) is 0.0261. The lowest BCUT2D eigenvalue weighted by molar-refractivity contribution is -0.302. The van der Waals surface area contributed by atoms with Gasteiger partial charge < -0.3 is 40.3 Å². The zero-order valence-corrected chi connectivity index (χ0v) is 46.0. The van der Waals surface area contributed by atoms with E-state index in [1.807, 2.05) is 19.1 Å². The van der Waals surface area contributed by atoms with Gasteiger partial charge in [-0.15, -0.1) is 0 Å². The normalized spacial score (nSPS) is 19.7. The van der Waals surface area contributed by atoms with E-state index in [2.05, 4.69) is 54.8 Å². The summed E-state index contributed by atoms with van der Waals surface area (Å²) in [6.45, 7) is 3.53.